The molecule has 20 heavy (non-hydrogen) atoms. The average molecular weight is 357 g/mol. The van der Waals surface area contributed by atoms with Crippen LogP contribution in [-0.4, -0.2) is 24.4 Å². The lowest BCUT2D eigenvalue weighted by molar-refractivity contribution is -0.121. The van der Waals surface area contributed by atoms with Crippen LogP contribution < -0.4 is 10.6 Å². The number of thiol groups is 1. The van der Waals surface area contributed by atoms with Gasteiger partial charge >= 0.3 is 0 Å². The van der Waals surface area contributed by atoms with E-state index < -0.39 is 0 Å². The maximum atomic E-state index is 11.9. The van der Waals surface area contributed by atoms with Gasteiger partial charge in [0.05, 0.1) is 5.56 Å². The van der Waals surface area contributed by atoms with Crippen LogP contribution in [0.15, 0.2) is 27.6 Å². The van der Waals surface area contributed by atoms with E-state index in [2.05, 4.69) is 39.2 Å². The number of carbonyl (C=O) groups is 2. The van der Waals surface area contributed by atoms with Gasteiger partial charge in [0.2, 0.25) is 5.91 Å². The molecule has 0 spiro atoms. The summed E-state index contributed by atoms with van der Waals surface area (Å²) in [7, 11) is 0. The molecule has 2 amide bonds. The standard InChI is InChI=1S/C14H17BrN2O2S/c15-9-3-6-11(12(20)8-9)14(19)16-7-1-2-13(18)17-10-4-5-10/h3,6,8,10,20H,1-2,4-5,7H2,(H,16,19)(H,17,18). The highest BCUT2D eigenvalue weighted by Crippen LogP contribution is 2.20. The van der Waals surface area contributed by atoms with Gasteiger partial charge in [-0.15, -0.1) is 12.6 Å². The van der Waals surface area contributed by atoms with Crippen molar-refractivity contribution >= 4 is 40.4 Å². The van der Waals surface area contributed by atoms with Crippen molar-refractivity contribution in [2.24, 2.45) is 0 Å². The third-order valence-corrected chi connectivity index (χ3v) is 3.88. The Morgan fingerprint density at radius 3 is 2.75 bits per heavy atom. The highest BCUT2D eigenvalue weighted by Gasteiger charge is 2.22. The van der Waals surface area contributed by atoms with Crippen LogP contribution in [0.5, 0.6) is 0 Å². The molecule has 0 aromatic heterocycles. The maximum Gasteiger partial charge on any atom is 0.252 e. The third kappa shape index (κ3) is 4.83. The number of halogens is 1. The molecule has 2 rings (SSSR count). The Balaban J connectivity index is 1.70. The number of nitrogens with one attached hydrogen (secondary N) is 2. The number of hydrogen-bond donors (Lipinski definition) is 3. The third-order valence-electron chi connectivity index (χ3n) is 3.01. The molecular formula is C14H17BrN2O2S. The first-order valence-corrected chi connectivity index (χ1v) is 7.86. The Hall–Kier alpha value is -1.01. The predicted molar refractivity (Wildman–Crippen MR) is 84.1 cm³/mol. The second kappa shape index (κ2) is 7.13. The Morgan fingerprint density at radius 1 is 1.35 bits per heavy atom. The van der Waals surface area contributed by atoms with Crippen molar-refractivity contribution in [3.05, 3.63) is 28.2 Å². The van der Waals surface area contributed by atoms with Crippen LogP contribution in [0.3, 0.4) is 0 Å². The molecular weight excluding hydrogens is 340 g/mol. The molecule has 108 valence electrons. The van der Waals surface area contributed by atoms with Gasteiger partial charge in [0, 0.05) is 28.4 Å². The molecule has 0 bridgehead atoms. The molecule has 1 saturated carbocycles. The van der Waals surface area contributed by atoms with Crippen molar-refractivity contribution in [2.45, 2.75) is 36.6 Å². The molecule has 0 saturated heterocycles. The van der Waals surface area contributed by atoms with Crippen LogP contribution in [0, 0.1) is 0 Å². The summed E-state index contributed by atoms with van der Waals surface area (Å²) in [5.41, 5.74) is 0.541. The fourth-order valence-corrected chi connectivity index (χ4v) is 2.62. The molecule has 1 fully saturated rings. The van der Waals surface area contributed by atoms with Crippen LogP contribution >= 0.6 is 28.6 Å². The second-order valence-corrected chi connectivity index (χ2v) is 6.26. The number of carbonyl (C=O) groups excluding carboxylic acids is 2. The summed E-state index contributed by atoms with van der Waals surface area (Å²) in [5, 5.41) is 5.72. The lowest BCUT2D eigenvalue weighted by Gasteiger charge is -2.08. The minimum Gasteiger partial charge on any atom is -0.353 e. The normalized spacial score (nSPS) is 13.9. The zero-order valence-electron chi connectivity index (χ0n) is 11.0. The topological polar surface area (TPSA) is 58.2 Å². The van der Waals surface area contributed by atoms with Crippen molar-refractivity contribution in [1.29, 1.82) is 0 Å². The Morgan fingerprint density at radius 2 is 2.10 bits per heavy atom. The monoisotopic (exact) mass is 356 g/mol. The van der Waals surface area contributed by atoms with Gasteiger partial charge in [-0.25, -0.2) is 0 Å². The molecule has 2 N–H and O–H groups in total. The minimum absolute atomic E-state index is 0.0697. The van der Waals surface area contributed by atoms with Crippen LogP contribution in [0.2, 0.25) is 0 Å². The highest BCUT2D eigenvalue weighted by molar-refractivity contribution is 9.10. The number of hydrogen-bond acceptors (Lipinski definition) is 3. The molecule has 1 aromatic carbocycles. The van der Waals surface area contributed by atoms with E-state index in [1.165, 1.54) is 0 Å². The summed E-state index contributed by atoms with van der Waals surface area (Å²) in [6.45, 7) is 0.486. The van der Waals surface area contributed by atoms with Gasteiger partial charge in [0.1, 0.15) is 0 Å². The van der Waals surface area contributed by atoms with Crippen molar-refractivity contribution < 1.29 is 9.59 Å². The van der Waals surface area contributed by atoms with Gasteiger partial charge in [-0.2, -0.15) is 0 Å². The molecule has 0 atom stereocenters. The second-order valence-electron chi connectivity index (χ2n) is 4.86. The molecule has 1 aliphatic carbocycles. The molecule has 0 heterocycles. The SMILES string of the molecule is O=C(CCCNC(=O)c1ccc(Br)cc1S)NC1CC1. The molecule has 0 unspecified atom stereocenters. The van der Waals surface area contributed by atoms with E-state index in [-0.39, 0.29) is 11.8 Å². The van der Waals surface area contributed by atoms with Crippen LogP contribution in [0.1, 0.15) is 36.0 Å². The zero-order chi connectivity index (χ0) is 14.5. The van der Waals surface area contributed by atoms with Crippen LogP contribution in [-0.2, 0) is 4.79 Å². The van der Waals surface area contributed by atoms with Crippen molar-refractivity contribution in [3.8, 4) is 0 Å². The molecule has 0 radical (unpaired) electrons. The fraction of sp³-hybridized carbons (Fsp3) is 0.429. The summed E-state index contributed by atoms with van der Waals surface area (Å²) in [6, 6.07) is 5.70. The van der Waals surface area contributed by atoms with E-state index in [1.54, 1.807) is 18.2 Å². The highest BCUT2D eigenvalue weighted by atomic mass is 79.9. The van der Waals surface area contributed by atoms with Crippen molar-refractivity contribution in [3.63, 3.8) is 0 Å². The summed E-state index contributed by atoms with van der Waals surface area (Å²) in [6.07, 6.45) is 3.28. The fourth-order valence-electron chi connectivity index (χ4n) is 1.77. The Bertz CT molecular complexity index is 518. The van der Waals surface area contributed by atoms with E-state index in [4.69, 9.17) is 0 Å². The summed E-state index contributed by atoms with van der Waals surface area (Å²) in [4.78, 5) is 24.0. The van der Waals surface area contributed by atoms with Crippen molar-refractivity contribution in [2.75, 3.05) is 6.54 Å². The quantitative estimate of drug-likeness (QED) is 0.541. The van der Waals surface area contributed by atoms with Crippen molar-refractivity contribution in [1.82, 2.24) is 10.6 Å². The van der Waals surface area contributed by atoms with Crippen LogP contribution in [0.4, 0.5) is 0 Å². The van der Waals surface area contributed by atoms with Gasteiger partial charge in [-0.05, 0) is 37.5 Å². The summed E-state index contributed by atoms with van der Waals surface area (Å²) in [5.74, 6) is -0.0922. The molecule has 1 aliphatic rings. The van der Waals surface area contributed by atoms with Gasteiger partial charge < -0.3 is 10.6 Å². The maximum absolute atomic E-state index is 11.9. The Kier molecular flexibility index (Phi) is 5.48. The number of benzene rings is 1. The van der Waals surface area contributed by atoms with E-state index in [1.807, 2.05) is 0 Å². The lowest BCUT2D eigenvalue weighted by atomic mass is 10.2. The van der Waals surface area contributed by atoms with Gasteiger partial charge in [-0.1, -0.05) is 15.9 Å². The van der Waals surface area contributed by atoms with E-state index in [0.717, 1.165) is 17.3 Å². The molecule has 1 aromatic rings. The smallest absolute Gasteiger partial charge is 0.252 e. The summed E-state index contributed by atoms with van der Waals surface area (Å²) < 4.78 is 0.885. The Labute approximate surface area is 132 Å². The first-order valence-electron chi connectivity index (χ1n) is 6.62. The van der Waals surface area contributed by atoms with Gasteiger partial charge in [0.25, 0.3) is 5.91 Å². The van der Waals surface area contributed by atoms with E-state index in [0.29, 0.717) is 35.9 Å². The molecule has 4 nitrogen and oxygen atoms in total. The average Bonchev–Trinajstić information content (AvgIpc) is 3.18. The lowest BCUT2D eigenvalue weighted by Crippen LogP contribution is -2.28. The van der Waals surface area contributed by atoms with Gasteiger partial charge in [-0.3, -0.25) is 9.59 Å². The molecule has 0 aliphatic heterocycles. The first kappa shape index (κ1) is 15.4. The predicted octanol–water partition coefficient (Wildman–Crippen LogP) is 2.53. The van der Waals surface area contributed by atoms with E-state index in [9.17, 15) is 9.59 Å². The van der Waals surface area contributed by atoms with Crippen LogP contribution in [0.25, 0.3) is 0 Å². The van der Waals surface area contributed by atoms with E-state index >= 15 is 0 Å². The minimum atomic E-state index is -0.162. The number of amides is 2. The summed E-state index contributed by atoms with van der Waals surface area (Å²) >= 11 is 7.60. The largest absolute Gasteiger partial charge is 0.353 e. The van der Waals surface area contributed by atoms with Gasteiger partial charge in [0.15, 0.2) is 0 Å². The first-order chi connectivity index (χ1) is 9.56. The molecule has 6 heteroatoms. The zero-order valence-corrected chi connectivity index (χ0v) is 13.5. The number of rotatable bonds is 6.